The van der Waals surface area contributed by atoms with Crippen molar-refractivity contribution in [3.05, 3.63) is 35.4 Å². The van der Waals surface area contributed by atoms with Gasteiger partial charge in [-0.25, -0.2) is 0 Å². The Morgan fingerprint density at radius 1 is 1.39 bits per heavy atom. The third-order valence-corrected chi connectivity index (χ3v) is 2.66. The number of aldehydes is 1. The summed E-state index contributed by atoms with van der Waals surface area (Å²) in [5.74, 6) is -0.122. The topological polar surface area (TPSA) is 49.4 Å². The van der Waals surface area contributed by atoms with Gasteiger partial charge in [0.15, 0.2) is 6.29 Å². The van der Waals surface area contributed by atoms with E-state index >= 15 is 0 Å². The highest BCUT2D eigenvalue weighted by molar-refractivity contribution is 6.01. The van der Waals surface area contributed by atoms with Crippen LogP contribution in [0.5, 0.6) is 0 Å². The first-order chi connectivity index (χ1) is 8.56. The lowest BCUT2D eigenvalue weighted by atomic mass is 10.1. The number of carbonyl (C=O) groups is 2. The maximum absolute atomic E-state index is 12.1. The Morgan fingerprint density at radius 2 is 2.06 bits per heavy atom. The summed E-state index contributed by atoms with van der Waals surface area (Å²) in [4.78, 5) is 24.6. The number of hydrogen-bond acceptors (Lipinski definition) is 3. The minimum absolute atomic E-state index is 0.122. The van der Waals surface area contributed by atoms with Gasteiger partial charge < -0.3 is 10.2 Å². The number of likely N-dealkylation sites (N-methyl/N-ethyl adjacent to an activating group) is 1. The van der Waals surface area contributed by atoms with Crippen LogP contribution in [-0.2, 0) is 0 Å². The van der Waals surface area contributed by atoms with Crippen molar-refractivity contribution in [1.29, 1.82) is 0 Å². The van der Waals surface area contributed by atoms with E-state index < -0.39 is 0 Å². The van der Waals surface area contributed by atoms with Gasteiger partial charge in [0.25, 0.3) is 5.91 Å². The van der Waals surface area contributed by atoms with Gasteiger partial charge in [0.05, 0.1) is 5.56 Å². The summed E-state index contributed by atoms with van der Waals surface area (Å²) in [5, 5.41) is 3.25. The number of nitrogens with one attached hydrogen (secondary N) is 1. The Hall–Kier alpha value is -1.68. The fraction of sp³-hybridized carbons (Fsp3) is 0.429. The molecule has 0 saturated carbocycles. The van der Waals surface area contributed by atoms with E-state index in [1.165, 1.54) is 0 Å². The van der Waals surface area contributed by atoms with E-state index in [9.17, 15) is 9.59 Å². The summed E-state index contributed by atoms with van der Waals surface area (Å²) < 4.78 is 0. The van der Waals surface area contributed by atoms with Crippen LogP contribution >= 0.6 is 0 Å². The quantitative estimate of drug-likeness (QED) is 0.777. The second kappa shape index (κ2) is 6.91. The maximum atomic E-state index is 12.1. The van der Waals surface area contributed by atoms with Gasteiger partial charge in [-0.2, -0.15) is 0 Å². The van der Waals surface area contributed by atoms with E-state index in [0.29, 0.717) is 30.0 Å². The Balaban J connectivity index is 2.65. The SMILES string of the molecule is CC(C)NCCN(C)C(=O)c1ccccc1C=O. The lowest BCUT2D eigenvalue weighted by Crippen LogP contribution is -2.36. The summed E-state index contributed by atoms with van der Waals surface area (Å²) in [5.41, 5.74) is 0.894. The molecule has 0 atom stereocenters. The molecule has 98 valence electrons. The first kappa shape index (κ1) is 14.4. The van der Waals surface area contributed by atoms with Crippen molar-refractivity contribution in [3.63, 3.8) is 0 Å². The molecule has 0 unspecified atom stereocenters. The Morgan fingerprint density at radius 3 is 2.67 bits per heavy atom. The molecule has 0 spiro atoms. The van der Waals surface area contributed by atoms with Gasteiger partial charge in [-0.15, -0.1) is 0 Å². The van der Waals surface area contributed by atoms with Crippen molar-refractivity contribution >= 4 is 12.2 Å². The van der Waals surface area contributed by atoms with Crippen LogP contribution in [0.15, 0.2) is 24.3 Å². The molecule has 0 heterocycles. The van der Waals surface area contributed by atoms with E-state index in [0.717, 1.165) is 6.54 Å². The van der Waals surface area contributed by atoms with Crippen LogP contribution in [0.1, 0.15) is 34.6 Å². The van der Waals surface area contributed by atoms with Gasteiger partial charge in [0.1, 0.15) is 0 Å². The molecule has 1 aromatic rings. The van der Waals surface area contributed by atoms with E-state index in [-0.39, 0.29) is 5.91 Å². The van der Waals surface area contributed by atoms with Crippen molar-refractivity contribution in [1.82, 2.24) is 10.2 Å². The molecule has 0 aromatic heterocycles. The highest BCUT2D eigenvalue weighted by atomic mass is 16.2. The Kier molecular flexibility index (Phi) is 5.52. The normalized spacial score (nSPS) is 10.4. The lowest BCUT2D eigenvalue weighted by molar-refractivity contribution is 0.0792. The molecule has 1 aromatic carbocycles. The molecule has 0 aliphatic rings. The van der Waals surface area contributed by atoms with Crippen molar-refractivity contribution < 1.29 is 9.59 Å². The highest BCUT2D eigenvalue weighted by Gasteiger charge is 2.14. The summed E-state index contributed by atoms with van der Waals surface area (Å²) in [6, 6.07) is 7.25. The third kappa shape index (κ3) is 3.96. The molecule has 0 fully saturated rings. The van der Waals surface area contributed by atoms with Crippen molar-refractivity contribution in [3.8, 4) is 0 Å². The second-order valence-corrected chi connectivity index (χ2v) is 4.54. The van der Waals surface area contributed by atoms with Gasteiger partial charge in [0, 0.05) is 31.7 Å². The Bertz CT molecular complexity index is 416. The van der Waals surface area contributed by atoms with Crippen LogP contribution < -0.4 is 5.32 Å². The summed E-state index contributed by atoms with van der Waals surface area (Å²) >= 11 is 0. The number of carbonyl (C=O) groups excluding carboxylic acids is 2. The van der Waals surface area contributed by atoms with Gasteiger partial charge in [0.2, 0.25) is 0 Å². The molecule has 0 saturated heterocycles. The van der Waals surface area contributed by atoms with Gasteiger partial charge >= 0.3 is 0 Å². The molecule has 0 radical (unpaired) electrons. The Labute approximate surface area is 108 Å². The van der Waals surface area contributed by atoms with E-state index in [2.05, 4.69) is 19.2 Å². The number of rotatable bonds is 6. The standard InChI is InChI=1S/C14H20N2O2/c1-11(2)15-8-9-16(3)14(18)13-7-5-4-6-12(13)10-17/h4-7,10-11,15H,8-9H2,1-3H3. The minimum Gasteiger partial charge on any atom is -0.340 e. The zero-order chi connectivity index (χ0) is 13.5. The predicted octanol–water partition coefficient (Wildman–Crippen LogP) is 1.57. The van der Waals surface area contributed by atoms with Crippen LogP contribution in [0.25, 0.3) is 0 Å². The molecule has 0 aliphatic carbocycles. The summed E-state index contributed by atoms with van der Waals surface area (Å²) in [7, 11) is 1.74. The van der Waals surface area contributed by atoms with Gasteiger partial charge in [-0.05, 0) is 6.07 Å². The van der Waals surface area contributed by atoms with Crippen LogP contribution in [0.4, 0.5) is 0 Å². The molecular weight excluding hydrogens is 228 g/mol. The van der Waals surface area contributed by atoms with E-state index in [1.54, 1.807) is 36.2 Å². The number of amides is 1. The number of hydrogen-bond donors (Lipinski definition) is 1. The van der Waals surface area contributed by atoms with Gasteiger partial charge in [-0.3, -0.25) is 9.59 Å². The average Bonchev–Trinajstić information content (AvgIpc) is 2.37. The molecule has 18 heavy (non-hydrogen) atoms. The molecule has 1 amide bonds. The van der Waals surface area contributed by atoms with E-state index in [4.69, 9.17) is 0 Å². The first-order valence-electron chi connectivity index (χ1n) is 6.09. The van der Waals surface area contributed by atoms with Crippen molar-refractivity contribution in [2.24, 2.45) is 0 Å². The minimum atomic E-state index is -0.122. The molecule has 1 rings (SSSR count). The van der Waals surface area contributed by atoms with Crippen LogP contribution in [0, 0.1) is 0 Å². The zero-order valence-electron chi connectivity index (χ0n) is 11.1. The first-order valence-corrected chi connectivity index (χ1v) is 6.09. The van der Waals surface area contributed by atoms with Crippen molar-refractivity contribution in [2.75, 3.05) is 20.1 Å². The number of benzene rings is 1. The third-order valence-electron chi connectivity index (χ3n) is 2.66. The molecular formula is C14H20N2O2. The largest absolute Gasteiger partial charge is 0.340 e. The molecule has 4 heteroatoms. The fourth-order valence-corrected chi connectivity index (χ4v) is 1.62. The highest BCUT2D eigenvalue weighted by Crippen LogP contribution is 2.08. The molecule has 1 N–H and O–H groups in total. The van der Waals surface area contributed by atoms with Crippen molar-refractivity contribution in [2.45, 2.75) is 19.9 Å². The summed E-state index contributed by atoms with van der Waals surface area (Å²) in [6.45, 7) is 5.47. The molecule has 4 nitrogen and oxygen atoms in total. The summed E-state index contributed by atoms with van der Waals surface area (Å²) in [6.07, 6.45) is 0.716. The molecule has 0 aliphatic heterocycles. The monoisotopic (exact) mass is 248 g/mol. The van der Waals surface area contributed by atoms with Crippen LogP contribution in [-0.4, -0.2) is 43.3 Å². The lowest BCUT2D eigenvalue weighted by Gasteiger charge is -2.19. The van der Waals surface area contributed by atoms with E-state index in [1.807, 2.05) is 0 Å². The van der Waals surface area contributed by atoms with Crippen LogP contribution in [0.3, 0.4) is 0 Å². The zero-order valence-corrected chi connectivity index (χ0v) is 11.1. The van der Waals surface area contributed by atoms with Gasteiger partial charge in [-0.1, -0.05) is 32.0 Å². The average molecular weight is 248 g/mol. The maximum Gasteiger partial charge on any atom is 0.254 e. The molecule has 0 bridgehead atoms. The van der Waals surface area contributed by atoms with Crippen LogP contribution in [0.2, 0.25) is 0 Å². The predicted molar refractivity (Wildman–Crippen MR) is 71.9 cm³/mol. The second-order valence-electron chi connectivity index (χ2n) is 4.54. The number of nitrogens with zero attached hydrogens (tertiary/aromatic N) is 1. The smallest absolute Gasteiger partial charge is 0.254 e. The fourth-order valence-electron chi connectivity index (χ4n) is 1.62.